The molecule has 1 aliphatic heterocycles. The smallest absolute Gasteiger partial charge is 0.271 e. The van der Waals surface area contributed by atoms with Crippen molar-refractivity contribution in [2.75, 3.05) is 19.8 Å². The van der Waals surface area contributed by atoms with Crippen LogP contribution < -0.4 is 5.32 Å². The molecule has 1 saturated heterocycles. The molecule has 0 aromatic carbocycles. The lowest BCUT2D eigenvalue weighted by molar-refractivity contribution is 0.0939. The van der Waals surface area contributed by atoms with E-state index >= 15 is 0 Å². The maximum atomic E-state index is 11.6. The minimum absolute atomic E-state index is 0.226. The Morgan fingerprint density at radius 3 is 3.06 bits per heavy atom. The molecule has 6 heteroatoms. The summed E-state index contributed by atoms with van der Waals surface area (Å²) >= 11 is 5.58. The number of halogens is 1. The first kappa shape index (κ1) is 11.3. The lowest BCUT2D eigenvalue weighted by Crippen LogP contribution is -2.30. The van der Waals surface area contributed by atoms with Gasteiger partial charge in [-0.1, -0.05) is 11.6 Å². The van der Waals surface area contributed by atoms with E-state index in [9.17, 15) is 4.79 Å². The van der Waals surface area contributed by atoms with Crippen molar-refractivity contribution >= 4 is 17.5 Å². The lowest BCUT2D eigenvalue weighted by Gasteiger charge is -2.08. The number of amides is 1. The van der Waals surface area contributed by atoms with E-state index in [4.69, 9.17) is 16.3 Å². The minimum atomic E-state index is -0.226. The molecule has 1 aromatic rings. The van der Waals surface area contributed by atoms with E-state index in [1.807, 2.05) is 0 Å². The van der Waals surface area contributed by atoms with E-state index in [2.05, 4.69) is 15.3 Å². The number of nitrogens with zero attached hydrogens (tertiary/aromatic N) is 2. The molecule has 1 unspecified atom stereocenters. The summed E-state index contributed by atoms with van der Waals surface area (Å²) in [6.45, 7) is 2.11. The highest BCUT2D eigenvalue weighted by Gasteiger charge is 2.17. The summed E-state index contributed by atoms with van der Waals surface area (Å²) in [5.74, 6) is 0.181. The maximum absolute atomic E-state index is 11.6. The molecule has 2 heterocycles. The highest BCUT2D eigenvalue weighted by atomic mass is 35.5. The summed E-state index contributed by atoms with van der Waals surface area (Å²) in [5.41, 5.74) is 0.281. The van der Waals surface area contributed by atoms with Gasteiger partial charge < -0.3 is 10.1 Å². The third-order valence-corrected chi connectivity index (χ3v) is 2.62. The Labute approximate surface area is 98.2 Å². The summed E-state index contributed by atoms with van der Waals surface area (Å²) in [6.07, 6.45) is 3.71. The molecule has 0 spiro atoms. The monoisotopic (exact) mass is 241 g/mol. The molecule has 1 fully saturated rings. The molecule has 0 aliphatic carbocycles. The molecule has 1 N–H and O–H groups in total. The molecule has 0 saturated carbocycles. The van der Waals surface area contributed by atoms with E-state index in [0.29, 0.717) is 19.1 Å². The fourth-order valence-corrected chi connectivity index (χ4v) is 1.60. The number of aromatic nitrogens is 2. The van der Waals surface area contributed by atoms with Gasteiger partial charge in [0.2, 0.25) is 0 Å². The predicted molar refractivity (Wildman–Crippen MR) is 58.3 cm³/mol. The highest BCUT2D eigenvalue weighted by Crippen LogP contribution is 2.10. The second-order valence-corrected chi connectivity index (χ2v) is 4.05. The second-order valence-electron chi connectivity index (χ2n) is 3.66. The molecule has 0 bridgehead atoms. The van der Waals surface area contributed by atoms with Crippen molar-refractivity contribution in [3.8, 4) is 0 Å². The minimum Gasteiger partial charge on any atom is -0.381 e. The van der Waals surface area contributed by atoms with Gasteiger partial charge in [0.25, 0.3) is 5.91 Å². The van der Waals surface area contributed by atoms with Crippen LogP contribution in [0.1, 0.15) is 16.9 Å². The first-order valence-electron chi connectivity index (χ1n) is 5.09. The number of hydrogen-bond donors (Lipinski definition) is 1. The Bertz CT molecular complexity index is 363. The first-order valence-corrected chi connectivity index (χ1v) is 5.47. The van der Waals surface area contributed by atoms with Gasteiger partial charge in [0.05, 0.1) is 19.0 Å². The summed E-state index contributed by atoms with van der Waals surface area (Å²) in [7, 11) is 0. The van der Waals surface area contributed by atoms with Gasteiger partial charge in [0.15, 0.2) is 0 Å². The molecule has 1 atom stereocenters. The van der Waals surface area contributed by atoms with E-state index in [1.54, 1.807) is 0 Å². The van der Waals surface area contributed by atoms with E-state index < -0.39 is 0 Å². The molecule has 5 nitrogen and oxygen atoms in total. The normalized spacial score (nSPS) is 19.7. The number of ether oxygens (including phenoxy) is 1. The van der Waals surface area contributed by atoms with Gasteiger partial charge in [-0.3, -0.25) is 4.79 Å². The molecule has 1 aromatic heterocycles. The number of carbonyl (C=O) groups excluding carboxylic acids is 1. The summed E-state index contributed by atoms with van der Waals surface area (Å²) in [5, 5.41) is 3.07. The Kier molecular flexibility index (Phi) is 3.69. The third kappa shape index (κ3) is 2.90. The number of hydrogen-bond acceptors (Lipinski definition) is 4. The van der Waals surface area contributed by atoms with E-state index in [-0.39, 0.29) is 16.8 Å². The summed E-state index contributed by atoms with van der Waals surface area (Å²) in [4.78, 5) is 19.3. The predicted octanol–water partition coefficient (Wildman–Crippen LogP) is 0.896. The van der Waals surface area contributed by atoms with Gasteiger partial charge >= 0.3 is 0 Å². The molecule has 1 amide bonds. The van der Waals surface area contributed by atoms with Gasteiger partial charge in [0.1, 0.15) is 10.8 Å². The third-order valence-electron chi connectivity index (χ3n) is 2.43. The zero-order valence-corrected chi connectivity index (χ0v) is 9.41. The second kappa shape index (κ2) is 5.23. The fourth-order valence-electron chi connectivity index (χ4n) is 1.50. The summed E-state index contributed by atoms with van der Waals surface area (Å²) in [6, 6.07) is 0. The van der Waals surface area contributed by atoms with Crippen LogP contribution in [0, 0.1) is 5.92 Å². The zero-order chi connectivity index (χ0) is 11.4. The van der Waals surface area contributed by atoms with Crippen molar-refractivity contribution in [2.45, 2.75) is 6.42 Å². The topological polar surface area (TPSA) is 64.1 Å². The van der Waals surface area contributed by atoms with Crippen molar-refractivity contribution in [3.63, 3.8) is 0 Å². The summed E-state index contributed by atoms with van der Waals surface area (Å²) < 4.78 is 5.21. The van der Waals surface area contributed by atoms with Crippen molar-refractivity contribution in [1.29, 1.82) is 0 Å². The molecule has 16 heavy (non-hydrogen) atoms. The highest BCUT2D eigenvalue weighted by molar-refractivity contribution is 6.29. The molecular weight excluding hydrogens is 230 g/mol. The standard InChI is InChI=1S/C10H12ClN3O2/c11-9-5-12-8(4-13-9)10(15)14-3-7-1-2-16-6-7/h4-5,7H,1-3,6H2,(H,14,15). The van der Waals surface area contributed by atoms with E-state index in [0.717, 1.165) is 13.0 Å². The molecule has 0 radical (unpaired) electrons. The average molecular weight is 242 g/mol. The van der Waals surface area contributed by atoms with Crippen LogP contribution in [0.25, 0.3) is 0 Å². The molecule has 2 rings (SSSR count). The van der Waals surface area contributed by atoms with Crippen LogP contribution in [0.2, 0.25) is 5.15 Å². The van der Waals surface area contributed by atoms with Crippen molar-refractivity contribution in [1.82, 2.24) is 15.3 Å². The van der Waals surface area contributed by atoms with Crippen LogP contribution in [0.5, 0.6) is 0 Å². The largest absolute Gasteiger partial charge is 0.381 e. The van der Waals surface area contributed by atoms with E-state index in [1.165, 1.54) is 12.4 Å². The van der Waals surface area contributed by atoms with Crippen LogP contribution in [0.15, 0.2) is 12.4 Å². The van der Waals surface area contributed by atoms with Gasteiger partial charge in [-0.05, 0) is 6.42 Å². The molecule has 86 valence electrons. The number of carbonyl (C=O) groups is 1. The molecule has 1 aliphatic rings. The Morgan fingerprint density at radius 1 is 1.56 bits per heavy atom. The van der Waals surface area contributed by atoms with Crippen LogP contribution in [-0.2, 0) is 4.74 Å². The van der Waals surface area contributed by atoms with Crippen LogP contribution in [0.3, 0.4) is 0 Å². The SMILES string of the molecule is O=C(NCC1CCOC1)c1cnc(Cl)cn1. The van der Waals surface area contributed by atoms with Gasteiger partial charge in [0, 0.05) is 19.1 Å². The van der Waals surface area contributed by atoms with Crippen LogP contribution >= 0.6 is 11.6 Å². The van der Waals surface area contributed by atoms with Crippen molar-refractivity contribution in [2.24, 2.45) is 5.92 Å². The Hall–Kier alpha value is -1.20. The number of rotatable bonds is 3. The molecular formula is C10H12ClN3O2. The van der Waals surface area contributed by atoms with Crippen LogP contribution in [0.4, 0.5) is 0 Å². The first-order chi connectivity index (χ1) is 7.75. The van der Waals surface area contributed by atoms with Crippen LogP contribution in [-0.4, -0.2) is 35.6 Å². The van der Waals surface area contributed by atoms with Gasteiger partial charge in [-0.2, -0.15) is 0 Å². The van der Waals surface area contributed by atoms with Gasteiger partial charge in [-0.15, -0.1) is 0 Å². The van der Waals surface area contributed by atoms with Crippen molar-refractivity contribution < 1.29 is 9.53 Å². The quantitative estimate of drug-likeness (QED) is 0.854. The fraction of sp³-hybridized carbons (Fsp3) is 0.500. The lowest BCUT2D eigenvalue weighted by atomic mass is 10.1. The average Bonchev–Trinajstić information content (AvgIpc) is 2.80. The number of nitrogens with one attached hydrogen (secondary N) is 1. The zero-order valence-electron chi connectivity index (χ0n) is 8.65. The van der Waals surface area contributed by atoms with Crippen molar-refractivity contribution in [3.05, 3.63) is 23.2 Å². The Balaban J connectivity index is 1.85. The maximum Gasteiger partial charge on any atom is 0.271 e. The Morgan fingerprint density at radius 2 is 2.44 bits per heavy atom. The van der Waals surface area contributed by atoms with Gasteiger partial charge in [-0.25, -0.2) is 9.97 Å².